The maximum atomic E-state index is 10.0. The van der Waals surface area contributed by atoms with Gasteiger partial charge in [-0.15, -0.1) is 6.58 Å². The molecule has 0 amide bonds. The van der Waals surface area contributed by atoms with Gasteiger partial charge < -0.3 is 20.2 Å². The fraction of sp³-hybridized carbons (Fsp3) is 0.467. The van der Waals surface area contributed by atoms with Gasteiger partial charge in [0.05, 0.1) is 18.8 Å². The van der Waals surface area contributed by atoms with Gasteiger partial charge in [0.1, 0.15) is 0 Å². The molecule has 0 aliphatic rings. The molecule has 0 unspecified atom stereocenters. The fourth-order valence-corrected chi connectivity index (χ4v) is 1.97. The highest BCUT2D eigenvalue weighted by molar-refractivity contribution is 5.23. The van der Waals surface area contributed by atoms with Crippen LogP contribution in [0.25, 0.3) is 0 Å². The van der Waals surface area contributed by atoms with Crippen LogP contribution in [0.4, 0.5) is 0 Å². The van der Waals surface area contributed by atoms with E-state index in [4.69, 9.17) is 5.11 Å². The van der Waals surface area contributed by atoms with E-state index in [1.165, 1.54) is 0 Å². The van der Waals surface area contributed by atoms with Gasteiger partial charge in [-0.25, -0.2) is 0 Å². The van der Waals surface area contributed by atoms with Gasteiger partial charge in [0.25, 0.3) is 0 Å². The van der Waals surface area contributed by atoms with Crippen LogP contribution in [0, 0.1) is 0 Å². The summed E-state index contributed by atoms with van der Waals surface area (Å²) in [5, 5.41) is 28.9. The van der Waals surface area contributed by atoms with Gasteiger partial charge in [0, 0.05) is 19.5 Å². The summed E-state index contributed by atoms with van der Waals surface area (Å²) in [6, 6.07) is 7.09. The second-order valence-corrected chi connectivity index (χ2v) is 4.81. The molecule has 0 spiro atoms. The Kier molecular flexibility index (Phi) is 6.73. The first-order valence-electron chi connectivity index (χ1n) is 6.42. The number of likely N-dealkylation sites (N-methyl/N-ethyl adjacent to an activating group) is 1. The molecule has 0 aliphatic heterocycles. The SMILES string of the molecule is C=CCN(C)C[C@@H](O)C[C@@H](O)c1ccc(CO)cc1. The van der Waals surface area contributed by atoms with E-state index in [-0.39, 0.29) is 6.61 Å². The highest BCUT2D eigenvalue weighted by Gasteiger charge is 2.15. The van der Waals surface area contributed by atoms with Crippen LogP contribution in [0.2, 0.25) is 0 Å². The molecule has 0 saturated heterocycles. The lowest BCUT2D eigenvalue weighted by molar-refractivity contribution is 0.0617. The lowest BCUT2D eigenvalue weighted by Gasteiger charge is -2.21. The molecule has 4 heteroatoms. The summed E-state index contributed by atoms with van der Waals surface area (Å²) < 4.78 is 0. The van der Waals surface area contributed by atoms with E-state index >= 15 is 0 Å². The third-order valence-corrected chi connectivity index (χ3v) is 3.01. The zero-order valence-electron chi connectivity index (χ0n) is 11.4. The standard InChI is InChI=1S/C15H23NO3/c1-3-8-16(2)10-14(18)9-15(19)13-6-4-12(11-17)5-7-13/h3-7,14-15,17-19H,1,8-11H2,2H3/t14-,15+/m0/s1. The third-order valence-electron chi connectivity index (χ3n) is 3.01. The van der Waals surface area contributed by atoms with Gasteiger partial charge in [-0.2, -0.15) is 0 Å². The maximum Gasteiger partial charge on any atom is 0.0815 e. The van der Waals surface area contributed by atoms with Crippen molar-refractivity contribution in [3.63, 3.8) is 0 Å². The average molecular weight is 265 g/mol. The molecular weight excluding hydrogens is 242 g/mol. The molecule has 0 heterocycles. The quantitative estimate of drug-likeness (QED) is 0.616. The van der Waals surface area contributed by atoms with Crippen molar-refractivity contribution in [2.24, 2.45) is 0 Å². The highest BCUT2D eigenvalue weighted by Crippen LogP contribution is 2.19. The van der Waals surface area contributed by atoms with Crippen molar-refractivity contribution in [1.29, 1.82) is 0 Å². The number of nitrogens with zero attached hydrogens (tertiary/aromatic N) is 1. The number of benzene rings is 1. The third kappa shape index (κ3) is 5.53. The Balaban J connectivity index is 2.48. The molecule has 0 radical (unpaired) electrons. The molecular formula is C15H23NO3. The van der Waals surface area contributed by atoms with Crippen LogP contribution >= 0.6 is 0 Å². The van der Waals surface area contributed by atoms with Crippen molar-refractivity contribution < 1.29 is 15.3 Å². The fourth-order valence-electron chi connectivity index (χ4n) is 1.97. The van der Waals surface area contributed by atoms with Crippen molar-refractivity contribution >= 4 is 0 Å². The summed E-state index contributed by atoms with van der Waals surface area (Å²) in [6.45, 7) is 4.84. The average Bonchev–Trinajstić information content (AvgIpc) is 2.38. The van der Waals surface area contributed by atoms with Gasteiger partial charge in [0.15, 0.2) is 0 Å². The molecule has 0 fully saturated rings. The molecule has 19 heavy (non-hydrogen) atoms. The summed E-state index contributed by atoms with van der Waals surface area (Å²) in [4.78, 5) is 1.94. The number of hydrogen-bond donors (Lipinski definition) is 3. The lowest BCUT2D eigenvalue weighted by Crippen LogP contribution is -2.30. The Bertz CT molecular complexity index is 377. The van der Waals surface area contributed by atoms with Crippen LogP contribution in [0.1, 0.15) is 23.7 Å². The Labute approximate surface area is 114 Å². The van der Waals surface area contributed by atoms with Crippen molar-refractivity contribution in [2.75, 3.05) is 20.1 Å². The van der Waals surface area contributed by atoms with Crippen LogP contribution in [0.3, 0.4) is 0 Å². The van der Waals surface area contributed by atoms with E-state index in [1.807, 2.05) is 11.9 Å². The second-order valence-electron chi connectivity index (χ2n) is 4.81. The van der Waals surface area contributed by atoms with Crippen LogP contribution in [0.15, 0.2) is 36.9 Å². The van der Waals surface area contributed by atoms with E-state index in [0.717, 1.165) is 11.1 Å². The number of aliphatic hydroxyl groups excluding tert-OH is 3. The van der Waals surface area contributed by atoms with E-state index in [0.29, 0.717) is 19.5 Å². The Hall–Kier alpha value is -1.20. The summed E-state index contributed by atoms with van der Waals surface area (Å²) in [5.41, 5.74) is 1.56. The number of hydrogen-bond acceptors (Lipinski definition) is 4. The molecule has 1 rings (SSSR count). The first-order valence-corrected chi connectivity index (χ1v) is 6.42. The van der Waals surface area contributed by atoms with Gasteiger partial charge in [-0.1, -0.05) is 30.3 Å². The topological polar surface area (TPSA) is 63.9 Å². The van der Waals surface area contributed by atoms with Gasteiger partial charge >= 0.3 is 0 Å². The minimum atomic E-state index is -0.695. The van der Waals surface area contributed by atoms with Crippen LogP contribution < -0.4 is 0 Å². The normalized spacial score (nSPS) is 14.4. The second kappa shape index (κ2) is 8.07. The van der Waals surface area contributed by atoms with Crippen LogP contribution in [-0.2, 0) is 6.61 Å². The van der Waals surface area contributed by atoms with Crippen LogP contribution in [-0.4, -0.2) is 46.5 Å². The molecule has 106 valence electrons. The first-order chi connectivity index (χ1) is 9.06. The number of rotatable bonds is 8. The molecule has 1 aromatic carbocycles. The zero-order chi connectivity index (χ0) is 14.3. The van der Waals surface area contributed by atoms with E-state index in [2.05, 4.69) is 6.58 Å². The molecule has 4 nitrogen and oxygen atoms in total. The van der Waals surface area contributed by atoms with Gasteiger partial charge in [-0.3, -0.25) is 0 Å². The van der Waals surface area contributed by atoms with Crippen molar-refractivity contribution in [2.45, 2.75) is 25.2 Å². The summed E-state index contributed by atoms with van der Waals surface area (Å²) >= 11 is 0. The largest absolute Gasteiger partial charge is 0.392 e. The molecule has 2 atom stereocenters. The van der Waals surface area contributed by atoms with E-state index < -0.39 is 12.2 Å². The van der Waals surface area contributed by atoms with Crippen molar-refractivity contribution in [3.8, 4) is 0 Å². The van der Waals surface area contributed by atoms with Crippen LogP contribution in [0.5, 0.6) is 0 Å². The Morgan fingerprint density at radius 1 is 1.26 bits per heavy atom. The monoisotopic (exact) mass is 265 g/mol. The highest BCUT2D eigenvalue weighted by atomic mass is 16.3. The molecule has 1 aromatic rings. The predicted molar refractivity (Wildman–Crippen MR) is 75.6 cm³/mol. The van der Waals surface area contributed by atoms with Crippen molar-refractivity contribution in [1.82, 2.24) is 4.90 Å². The molecule has 0 aliphatic carbocycles. The Morgan fingerprint density at radius 3 is 2.42 bits per heavy atom. The molecule has 3 N–H and O–H groups in total. The first kappa shape index (κ1) is 15.9. The van der Waals surface area contributed by atoms with Gasteiger partial charge in [0.2, 0.25) is 0 Å². The summed E-state index contributed by atoms with van der Waals surface area (Å²) in [6.07, 6.45) is 0.786. The zero-order valence-corrected chi connectivity index (χ0v) is 11.4. The minimum absolute atomic E-state index is 0.00858. The molecule has 0 aromatic heterocycles. The van der Waals surface area contributed by atoms with E-state index in [1.54, 1.807) is 30.3 Å². The van der Waals surface area contributed by atoms with E-state index in [9.17, 15) is 10.2 Å². The summed E-state index contributed by atoms with van der Waals surface area (Å²) in [5.74, 6) is 0. The van der Waals surface area contributed by atoms with Crippen molar-refractivity contribution in [3.05, 3.63) is 48.0 Å². The Morgan fingerprint density at radius 2 is 1.89 bits per heavy atom. The maximum absolute atomic E-state index is 10.0. The lowest BCUT2D eigenvalue weighted by atomic mass is 10.0. The molecule has 0 saturated carbocycles. The van der Waals surface area contributed by atoms with Gasteiger partial charge in [-0.05, 0) is 18.2 Å². The number of aliphatic hydroxyl groups is 3. The minimum Gasteiger partial charge on any atom is -0.392 e. The molecule has 0 bridgehead atoms. The summed E-state index contributed by atoms with van der Waals surface area (Å²) in [7, 11) is 1.90. The predicted octanol–water partition coefficient (Wildman–Crippen LogP) is 1.08. The smallest absolute Gasteiger partial charge is 0.0815 e.